The number of guanidine groups is 1. The molecule has 0 unspecified atom stereocenters. The van der Waals surface area contributed by atoms with Gasteiger partial charge in [-0.3, -0.25) is 4.99 Å². The van der Waals surface area contributed by atoms with E-state index in [1.54, 1.807) is 0 Å². The zero-order valence-electron chi connectivity index (χ0n) is 14.9. The first-order chi connectivity index (χ1) is 10.6. The molecule has 1 heterocycles. The molecule has 0 atom stereocenters. The molecule has 1 rings (SSSR count). The Bertz CT molecular complexity index is 465. The molecule has 0 aliphatic heterocycles. The van der Waals surface area contributed by atoms with Crippen molar-refractivity contribution in [3.63, 3.8) is 0 Å². The lowest BCUT2D eigenvalue weighted by molar-refractivity contribution is 0.392. The highest BCUT2D eigenvalue weighted by molar-refractivity contribution is 14.0. The van der Waals surface area contributed by atoms with Gasteiger partial charge in [0.05, 0.1) is 5.69 Å². The van der Waals surface area contributed by atoms with Gasteiger partial charge < -0.3 is 14.7 Å². The largest absolute Gasteiger partial charge is 0.361 e. The number of unbranched alkanes of at least 4 members (excludes halogenated alkanes) is 3. The fourth-order valence-electron chi connectivity index (χ4n) is 2.46. The number of hydrogen-bond acceptors (Lipinski definition) is 3. The third-order valence-electron chi connectivity index (χ3n) is 3.81. The maximum Gasteiger partial charge on any atom is 0.193 e. The van der Waals surface area contributed by atoms with Crippen LogP contribution in [0, 0.1) is 13.8 Å². The number of nitrogens with zero attached hydrogens (tertiary/aromatic N) is 3. The van der Waals surface area contributed by atoms with Crippen LogP contribution in [0.4, 0.5) is 0 Å². The molecule has 5 nitrogen and oxygen atoms in total. The van der Waals surface area contributed by atoms with Crippen LogP contribution in [0.15, 0.2) is 22.2 Å². The highest BCUT2D eigenvalue weighted by Gasteiger charge is 2.10. The minimum Gasteiger partial charge on any atom is -0.361 e. The van der Waals surface area contributed by atoms with E-state index < -0.39 is 0 Å². The van der Waals surface area contributed by atoms with Gasteiger partial charge in [-0.1, -0.05) is 17.7 Å². The van der Waals surface area contributed by atoms with Crippen molar-refractivity contribution in [1.29, 1.82) is 0 Å². The molecule has 0 saturated carbocycles. The lowest BCUT2D eigenvalue weighted by atomic mass is 10.1. The van der Waals surface area contributed by atoms with Crippen LogP contribution in [0.25, 0.3) is 0 Å². The fourth-order valence-corrected chi connectivity index (χ4v) is 2.46. The number of nitrogens with one attached hydrogen (secondary N) is 1. The molecule has 1 aromatic rings. The van der Waals surface area contributed by atoms with E-state index in [0.717, 1.165) is 43.3 Å². The number of allylic oxidation sites excluding steroid dienone is 1. The van der Waals surface area contributed by atoms with Crippen LogP contribution >= 0.6 is 24.0 Å². The van der Waals surface area contributed by atoms with Crippen LogP contribution in [-0.2, 0) is 6.42 Å². The minimum absolute atomic E-state index is 0. The molecule has 0 fully saturated rings. The third-order valence-corrected chi connectivity index (χ3v) is 3.81. The quantitative estimate of drug-likeness (QED) is 0.212. The van der Waals surface area contributed by atoms with Gasteiger partial charge in [0.2, 0.25) is 0 Å². The number of aryl methyl sites for hydroxylation is 2. The predicted octanol–water partition coefficient (Wildman–Crippen LogP) is 3.71. The first kappa shape index (κ1) is 21.9. The number of aliphatic imine (C=N–C) groups is 1. The van der Waals surface area contributed by atoms with Gasteiger partial charge >= 0.3 is 0 Å². The standard InChI is InChI=1S/C17H30N4O.HI/c1-6-7-8-9-10-13-21(5)17(18-4)19-12-11-16-14(2)20-22-15(16)3;/h6H,1,7-13H2,2-5H3,(H,18,19);1H. The smallest absolute Gasteiger partial charge is 0.193 e. The molecule has 1 aromatic heterocycles. The summed E-state index contributed by atoms with van der Waals surface area (Å²) in [5.74, 6) is 1.85. The van der Waals surface area contributed by atoms with Gasteiger partial charge in [-0.15, -0.1) is 30.6 Å². The van der Waals surface area contributed by atoms with E-state index in [1.807, 2.05) is 27.0 Å². The van der Waals surface area contributed by atoms with Gasteiger partial charge in [-0.2, -0.15) is 0 Å². The monoisotopic (exact) mass is 434 g/mol. The van der Waals surface area contributed by atoms with Crippen LogP contribution in [-0.4, -0.2) is 43.2 Å². The predicted molar refractivity (Wildman–Crippen MR) is 108 cm³/mol. The lowest BCUT2D eigenvalue weighted by Crippen LogP contribution is -2.40. The van der Waals surface area contributed by atoms with E-state index in [9.17, 15) is 0 Å². The molecule has 0 aliphatic rings. The van der Waals surface area contributed by atoms with Crippen LogP contribution in [0.5, 0.6) is 0 Å². The minimum atomic E-state index is 0. The second-order valence-electron chi connectivity index (χ2n) is 5.59. The summed E-state index contributed by atoms with van der Waals surface area (Å²) in [5.41, 5.74) is 2.17. The van der Waals surface area contributed by atoms with Crippen LogP contribution in [0.3, 0.4) is 0 Å². The van der Waals surface area contributed by atoms with Gasteiger partial charge in [0.15, 0.2) is 5.96 Å². The number of halogens is 1. The molecule has 1 N–H and O–H groups in total. The Morgan fingerprint density at radius 1 is 1.35 bits per heavy atom. The molecular formula is C17H31IN4O. The van der Waals surface area contributed by atoms with Gasteiger partial charge in [0.1, 0.15) is 5.76 Å². The van der Waals surface area contributed by atoms with Crippen molar-refractivity contribution in [2.24, 2.45) is 4.99 Å². The van der Waals surface area contributed by atoms with E-state index in [4.69, 9.17) is 4.52 Å². The summed E-state index contributed by atoms with van der Waals surface area (Å²) in [6.45, 7) is 9.54. The summed E-state index contributed by atoms with van der Waals surface area (Å²) in [7, 11) is 3.91. The van der Waals surface area contributed by atoms with Crippen LogP contribution in [0.2, 0.25) is 0 Å². The summed E-state index contributed by atoms with van der Waals surface area (Å²) in [4.78, 5) is 6.52. The first-order valence-corrected chi connectivity index (χ1v) is 8.04. The Kier molecular flexibility index (Phi) is 11.8. The fraction of sp³-hybridized carbons (Fsp3) is 0.647. The zero-order chi connectivity index (χ0) is 16.4. The van der Waals surface area contributed by atoms with E-state index in [-0.39, 0.29) is 24.0 Å². The maximum absolute atomic E-state index is 5.19. The Morgan fingerprint density at radius 2 is 2.09 bits per heavy atom. The molecule has 132 valence electrons. The molecule has 0 saturated heterocycles. The summed E-state index contributed by atoms with van der Waals surface area (Å²) in [6.07, 6.45) is 7.61. The molecule has 0 spiro atoms. The Balaban J connectivity index is 0.00000484. The normalized spacial score (nSPS) is 11.0. The Morgan fingerprint density at radius 3 is 2.65 bits per heavy atom. The lowest BCUT2D eigenvalue weighted by Gasteiger charge is -2.22. The van der Waals surface area contributed by atoms with Gasteiger partial charge in [0.25, 0.3) is 0 Å². The number of hydrogen-bond donors (Lipinski definition) is 1. The summed E-state index contributed by atoms with van der Waals surface area (Å²) < 4.78 is 5.19. The molecular weight excluding hydrogens is 403 g/mol. The van der Waals surface area contributed by atoms with Crippen molar-refractivity contribution in [3.8, 4) is 0 Å². The molecule has 0 aromatic carbocycles. The highest BCUT2D eigenvalue weighted by Crippen LogP contribution is 2.12. The maximum atomic E-state index is 5.19. The first-order valence-electron chi connectivity index (χ1n) is 8.04. The van der Waals surface area contributed by atoms with E-state index in [0.29, 0.717) is 0 Å². The second-order valence-corrected chi connectivity index (χ2v) is 5.59. The average Bonchev–Trinajstić information content (AvgIpc) is 2.82. The van der Waals surface area contributed by atoms with Crippen molar-refractivity contribution >= 4 is 29.9 Å². The Hall–Kier alpha value is -1.05. The van der Waals surface area contributed by atoms with Crippen LogP contribution in [0.1, 0.15) is 42.7 Å². The summed E-state index contributed by atoms with van der Waals surface area (Å²) in [5, 5.41) is 7.39. The Labute approximate surface area is 157 Å². The highest BCUT2D eigenvalue weighted by atomic mass is 127. The van der Waals surface area contributed by atoms with Crippen molar-refractivity contribution in [2.45, 2.75) is 46.0 Å². The average molecular weight is 434 g/mol. The molecule has 6 heteroatoms. The summed E-state index contributed by atoms with van der Waals surface area (Å²) in [6, 6.07) is 0. The van der Waals surface area contributed by atoms with Gasteiger partial charge in [-0.05, 0) is 39.5 Å². The van der Waals surface area contributed by atoms with E-state index in [2.05, 4.69) is 34.0 Å². The van der Waals surface area contributed by atoms with Crippen molar-refractivity contribution in [2.75, 3.05) is 27.2 Å². The van der Waals surface area contributed by atoms with Gasteiger partial charge in [0, 0.05) is 32.7 Å². The third kappa shape index (κ3) is 7.85. The van der Waals surface area contributed by atoms with Crippen LogP contribution < -0.4 is 5.32 Å². The van der Waals surface area contributed by atoms with Crippen molar-refractivity contribution in [1.82, 2.24) is 15.4 Å². The molecule has 0 amide bonds. The summed E-state index contributed by atoms with van der Waals surface area (Å²) >= 11 is 0. The second kappa shape index (κ2) is 12.4. The van der Waals surface area contributed by atoms with E-state index in [1.165, 1.54) is 24.8 Å². The topological polar surface area (TPSA) is 53.7 Å². The molecule has 0 bridgehead atoms. The molecule has 0 aliphatic carbocycles. The van der Waals surface area contributed by atoms with Crippen molar-refractivity contribution in [3.05, 3.63) is 29.7 Å². The molecule has 23 heavy (non-hydrogen) atoms. The van der Waals surface area contributed by atoms with Crippen molar-refractivity contribution < 1.29 is 4.52 Å². The number of rotatable bonds is 9. The zero-order valence-corrected chi connectivity index (χ0v) is 17.2. The SMILES string of the molecule is C=CCCCCCN(C)C(=NC)NCCc1c(C)noc1C.I. The van der Waals surface area contributed by atoms with E-state index >= 15 is 0 Å². The molecule has 0 radical (unpaired) electrons. The van der Waals surface area contributed by atoms with Gasteiger partial charge in [-0.25, -0.2) is 0 Å². The number of aromatic nitrogens is 1.